The maximum Gasteiger partial charge on any atom is 0.0109 e. The predicted octanol–water partition coefficient (Wildman–Crippen LogP) is 25.2. The summed E-state index contributed by atoms with van der Waals surface area (Å²) in [6.07, 6.45) is 98.6. The number of allylic oxidation sites excluding steroid dienone is 8. The first-order chi connectivity index (χ1) is 48.3. The van der Waals surface area contributed by atoms with Crippen LogP contribution in [0.15, 0.2) is 48.6 Å². The lowest BCUT2D eigenvalue weighted by molar-refractivity contribution is 0.171. The summed E-state index contributed by atoms with van der Waals surface area (Å²) in [7, 11) is 0. The molecule has 0 aliphatic heterocycles. The van der Waals surface area contributed by atoms with E-state index < -0.39 is 0 Å². The Morgan fingerprint density at radius 2 is 0.357 bits per heavy atom. The number of rotatable bonds is 82. The Morgan fingerprint density at radius 1 is 0.194 bits per heavy atom. The second-order valence-electron chi connectivity index (χ2n) is 31.0. The fourth-order valence-electron chi connectivity index (χ4n) is 13.8. The van der Waals surface area contributed by atoms with E-state index in [1.165, 1.54) is 412 Å². The van der Waals surface area contributed by atoms with E-state index in [9.17, 15) is 0 Å². The highest BCUT2D eigenvalue weighted by atomic mass is 15.2. The van der Waals surface area contributed by atoms with Gasteiger partial charge in [0.2, 0.25) is 0 Å². The van der Waals surface area contributed by atoms with E-state index in [2.05, 4.69) is 110 Å². The Balaban J connectivity index is 0. The molecule has 0 aliphatic rings. The average Bonchev–Trinajstić information content (AvgIpc) is 2.73. The molecule has 0 spiro atoms. The largest absolute Gasteiger partial charge is 0.330 e. The van der Waals surface area contributed by atoms with Crippen LogP contribution in [0.2, 0.25) is 0 Å². The molecule has 0 aliphatic carbocycles. The molecule has 8 nitrogen and oxygen atoms in total. The standard InChI is InChI=1S/C46H94N4.C44H90N4/c1-5-7-9-11-13-15-17-19-21-23-25-27-29-31-33-35-37-49(43-45(3)41-47)39-40-50(44-46(4)42-48)38-36-34-32-30-28-26-24-22-20-18-16-14-12-10-8-6-2;1-3-5-7-9-11-13-15-17-19-21-23-25-27-29-31-33-39-47(41-35-37-45)43-44-48(42-36-38-46)40-34-32-30-28-26-24-22-20-18-16-14-12-10-8-6-4-2/h19-22,45-46H,5-18,23-44,47-48H2,1-4H3;17-20H,3-16,21-46H2,1-2H3/b21-19-,22-20-;19-17-,20-18-. The molecule has 0 saturated heterocycles. The first-order valence-electron chi connectivity index (χ1n) is 44.6. The molecule has 0 fully saturated rings. The summed E-state index contributed by atoms with van der Waals surface area (Å²) in [5.74, 6) is 1.13. The monoisotopic (exact) mass is 1380 g/mol. The zero-order chi connectivity index (χ0) is 71.4. The molecule has 2 atom stereocenters. The van der Waals surface area contributed by atoms with Gasteiger partial charge in [-0.05, 0) is 219 Å². The number of hydrogen-bond donors (Lipinski definition) is 4. The average molecular weight is 1380 g/mol. The van der Waals surface area contributed by atoms with Crippen LogP contribution in [-0.4, -0.2) is 124 Å². The summed E-state index contributed by atoms with van der Waals surface area (Å²) < 4.78 is 0. The van der Waals surface area contributed by atoms with Crippen LogP contribution in [0.3, 0.4) is 0 Å². The van der Waals surface area contributed by atoms with Crippen molar-refractivity contribution in [2.24, 2.45) is 34.8 Å². The number of nitrogens with two attached hydrogens (primary N) is 4. The number of hydrogen-bond acceptors (Lipinski definition) is 8. The van der Waals surface area contributed by atoms with Crippen LogP contribution in [-0.2, 0) is 0 Å². The van der Waals surface area contributed by atoms with Crippen molar-refractivity contribution < 1.29 is 0 Å². The first-order valence-corrected chi connectivity index (χ1v) is 44.6. The molecule has 0 aromatic carbocycles. The molecule has 0 radical (unpaired) electrons. The number of unbranched alkanes of at least 4 members (excludes halogenated alkanes) is 48. The van der Waals surface area contributed by atoms with E-state index in [-0.39, 0.29) is 0 Å². The van der Waals surface area contributed by atoms with Crippen LogP contribution < -0.4 is 22.9 Å². The quantitative estimate of drug-likeness (QED) is 0.0351. The van der Waals surface area contributed by atoms with Gasteiger partial charge in [-0.2, -0.15) is 0 Å². The molecule has 8 N–H and O–H groups in total. The van der Waals surface area contributed by atoms with Crippen molar-refractivity contribution in [2.75, 3.05) is 105 Å². The molecule has 0 aromatic heterocycles. The van der Waals surface area contributed by atoms with Crippen molar-refractivity contribution >= 4 is 0 Å². The third-order valence-electron chi connectivity index (χ3n) is 20.7. The van der Waals surface area contributed by atoms with Crippen molar-refractivity contribution in [2.45, 2.75) is 414 Å². The van der Waals surface area contributed by atoms with Crippen LogP contribution >= 0.6 is 0 Å². The Labute approximate surface area is 618 Å². The van der Waals surface area contributed by atoms with Crippen molar-refractivity contribution in [1.82, 2.24) is 19.6 Å². The molecule has 0 heterocycles. The topological polar surface area (TPSA) is 117 Å². The van der Waals surface area contributed by atoms with E-state index in [4.69, 9.17) is 22.9 Å². The van der Waals surface area contributed by atoms with Gasteiger partial charge in [0.05, 0.1) is 0 Å². The van der Waals surface area contributed by atoms with Gasteiger partial charge in [0.1, 0.15) is 0 Å². The molecule has 0 amide bonds. The minimum Gasteiger partial charge on any atom is -0.330 e. The highest BCUT2D eigenvalue weighted by Crippen LogP contribution is 2.17. The summed E-state index contributed by atoms with van der Waals surface area (Å²) in [5, 5.41) is 0. The maximum atomic E-state index is 6.07. The smallest absolute Gasteiger partial charge is 0.0109 e. The summed E-state index contributed by atoms with van der Waals surface area (Å²) in [6, 6.07) is 0. The van der Waals surface area contributed by atoms with E-state index >= 15 is 0 Å². The van der Waals surface area contributed by atoms with Gasteiger partial charge in [0, 0.05) is 39.3 Å². The van der Waals surface area contributed by atoms with Gasteiger partial charge in [-0.25, -0.2) is 0 Å². The van der Waals surface area contributed by atoms with Gasteiger partial charge < -0.3 is 42.5 Å². The van der Waals surface area contributed by atoms with E-state index in [0.717, 1.165) is 65.2 Å². The Hall–Kier alpha value is -1.36. The Morgan fingerprint density at radius 3 is 0.551 bits per heavy atom. The Kier molecular flexibility index (Phi) is 88.7. The lowest BCUT2D eigenvalue weighted by Crippen LogP contribution is -2.41. The molecular formula is C90H184N8. The summed E-state index contributed by atoms with van der Waals surface area (Å²) >= 11 is 0. The third-order valence-corrected chi connectivity index (χ3v) is 20.7. The van der Waals surface area contributed by atoms with Crippen molar-refractivity contribution in [3.63, 3.8) is 0 Å². The highest BCUT2D eigenvalue weighted by molar-refractivity contribution is 4.84. The molecule has 584 valence electrons. The molecule has 0 rings (SSSR count). The lowest BCUT2D eigenvalue weighted by Gasteiger charge is -2.30. The first kappa shape index (κ1) is 98.7. The van der Waals surface area contributed by atoms with Gasteiger partial charge in [0.15, 0.2) is 0 Å². The van der Waals surface area contributed by atoms with Crippen molar-refractivity contribution in [1.29, 1.82) is 0 Å². The van der Waals surface area contributed by atoms with Crippen LogP contribution in [0.25, 0.3) is 0 Å². The van der Waals surface area contributed by atoms with Crippen LogP contribution in [0, 0.1) is 11.8 Å². The van der Waals surface area contributed by atoms with Gasteiger partial charge in [0.25, 0.3) is 0 Å². The minimum atomic E-state index is 0.566. The van der Waals surface area contributed by atoms with Crippen LogP contribution in [0.5, 0.6) is 0 Å². The van der Waals surface area contributed by atoms with Crippen LogP contribution in [0.1, 0.15) is 414 Å². The highest BCUT2D eigenvalue weighted by Gasteiger charge is 2.15. The molecule has 2 unspecified atom stereocenters. The molecule has 0 saturated carbocycles. The minimum absolute atomic E-state index is 0.566. The summed E-state index contributed by atoms with van der Waals surface area (Å²) in [4.78, 5) is 10.8. The van der Waals surface area contributed by atoms with Crippen molar-refractivity contribution in [3.05, 3.63) is 48.6 Å². The second-order valence-corrected chi connectivity index (χ2v) is 31.0. The van der Waals surface area contributed by atoms with Gasteiger partial charge in [-0.3, -0.25) is 0 Å². The third kappa shape index (κ3) is 81.9. The zero-order valence-electron chi connectivity index (χ0n) is 68.2. The molecule has 0 aromatic rings. The molecule has 0 bridgehead atoms. The summed E-state index contributed by atoms with van der Waals surface area (Å²) in [5.41, 5.74) is 23.9. The van der Waals surface area contributed by atoms with E-state index in [1.54, 1.807) is 0 Å². The van der Waals surface area contributed by atoms with Gasteiger partial charge >= 0.3 is 0 Å². The Bertz CT molecular complexity index is 1440. The van der Waals surface area contributed by atoms with Gasteiger partial charge in [-0.15, -0.1) is 0 Å². The molecule has 8 heteroatoms. The SMILES string of the molecule is CCCCCCCC/C=C\CCCCCCCCN(CCCN)CCN(CCCN)CCCCCCCC/C=C\CCCCCCCC.CCCCCCCC/C=C\CCCCCCCCN(CCN(CCCCCCCC/C=C\CCCCCCCC)CC(C)CN)CC(C)CN. The number of nitrogens with zero attached hydrogens (tertiary/aromatic N) is 4. The zero-order valence-corrected chi connectivity index (χ0v) is 68.2. The fourth-order valence-corrected chi connectivity index (χ4v) is 13.8. The normalized spacial score (nSPS) is 12.9. The predicted molar refractivity (Wildman–Crippen MR) is 447 cm³/mol. The second kappa shape index (κ2) is 88.0. The van der Waals surface area contributed by atoms with Gasteiger partial charge in [-0.1, -0.05) is 321 Å². The molecule has 98 heavy (non-hydrogen) atoms. The molecular weight excluding hydrogens is 1190 g/mol. The van der Waals surface area contributed by atoms with E-state index in [0.29, 0.717) is 11.8 Å². The summed E-state index contributed by atoms with van der Waals surface area (Å²) in [6.45, 7) is 31.2. The van der Waals surface area contributed by atoms with Crippen molar-refractivity contribution in [3.8, 4) is 0 Å². The van der Waals surface area contributed by atoms with Crippen LogP contribution in [0.4, 0.5) is 0 Å². The fraction of sp³-hybridized carbons (Fsp3) is 0.911. The maximum absolute atomic E-state index is 6.07. The lowest BCUT2D eigenvalue weighted by atomic mass is 10.1. The van der Waals surface area contributed by atoms with E-state index in [1.807, 2.05) is 0 Å².